The van der Waals surface area contributed by atoms with Crippen LogP contribution in [0.25, 0.3) is 0 Å². The largest absolute Gasteiger partial charge is 0.494 e. The van der Waals surface area contributed by atoms with E-state index in [2.05, 4.69) is 48.1 Å². The van der Waals surface area contributed by atoms with Crippen LogP contribution in [0.2, 0.25) is 0 Å². The lowest BCUT2D eigenvalue weighted by atomic mass is 9.97. The molecule has 1 fully saturated rings. The molecule has 2 aromatic rings. The van der Waals surface area contributed by atoms with Crippen molar-refractivity contribution in [2.45, 2.75) is 38.3 Å². The molecule has 4 nitrogen and oxygen atoms in total. The minimum absolute atomic E-state index is 0.238. The van der Waals surface area contributed by atoms with Gasteiger partial charge in [0.25, 0.3) is 0 Å². The number of nitrogens with two attached hydrogens (primary N) is 1. The van der Waals surface area contributed by atoms with E-state index < -0.39 is 0 Å². The molecule has 23 heavy (non-hydrogen) atoms. The second-order valence-corrected chi connectivity index (χ2v) is 6.03. The van der Waals surface area contributed by atoms with Gasteiger partial charge in [-0.15, -0.1) is 0 Å². The molecule has 1 heterocycles. The van der Waals surface area contributed by atoms with Crippen molar-refractivity contribution >= 4 is 5.69 Å². The summed E-state index contributed by atoms with van der Waals surface area (Å²) in [6, 6.07) is 16.9. The van der Waals surface area contributed by atoms with Crippen molar-refractivity contribution in [2.75, 3.05) is 12.3 Å². The number of ether oxygens (including phenoxy) is 1. The lowest BCUT2D eigenvalue weighted by Gasteiger charge is -2.13. The second-order valence-electron chi connectivity index (χ2n) is 6.03. The predicted octanol–water partition coefficient (Wildman–Crippen LogP) is 3.73. The summed E-state index contributed by atoms with van der Waals surface area (Å²) in [6.45, 7) is 2.95. The average Bonchev–Trinajstić information content (AvgIpc) is 3.06. The molecule has 3 rings (SSSR count). The Labute approximate surface area is 138 Å². The Balaban J connectivity index is 1.61. The van der Waals surface area contributed by atoms with Gasteiger partial charge in [-0.25, -0.2) is 10.9 Å². The Morgan fingerprint density at radius 1 is 1.04 bits per heavy atom. The van der Waals surface area contributed by atoms with Gasteiger partial charge in [0, 0.05) is 11.7 Å². The fourth-order valence-electron chi connectivity index (χ4n) is 2.94. The molecule has 1 aliphatic rings. The minimum atomic E-state index is 0.238. The molecule has 2 unspecified atom stereocenters. The monoisotopic (exact) mass is 311 g/mol. The van der Waals surface area contributed by atoms with Gasteiger partial charge in [0.15, 0.2) is 0 Å². The highest BCUT2D eigenvalue weighted by molar-refractivity contribution is 5.48. The van der Waals surface area contributed by atoms with E-state index in [9.17, 15) is 0 Å². The summed E-state index contributed by atoms with van der Waals surface area (Å²) in [5, 5.41) is 0. The van der Waals surface area contributed by atoms with E-state index in [1.54, 1.807) is 0 Å². The van der Waals surface area contributed by atoms with E-state index in [0.29, 0.717) is 0 Å². The third-order valence-corrected chi connectivity index (χ3v) is 4.32. The first-order chi connectivity index (χ1) is 11.3. The number of hydrogen-bond acceptors (Lipinski definition) is 4. The van der Waals surface area contributed by atoms with Gasteiger partial charge in [0.05, 0.1) is 12.6 Å². The maximum Gasteiger partial charge on any atom is 0.119 e. The molecule has 4 N–H and O–H groups in total. The number of benzene rings is 2. The first kappa shape index (κ1) is 15.8. The van der Waals surface area contributed by atoms with Gasteiger partial charge in [0.2, 0.25) is 0 Å². The molecule has 0 saturated carbocycles. The van der Waals surface area contributed by atoms with Crippen molar-refractivity contribution in [1.82, 2.24) is 10.9 Å². The Morgan fingerprint density at radius 3 is 2.52 bits per heavy atom. The van der Waals surface area contributed by atoms with Gasteiger partial charge >= 0.3 is 0 Å². The van der Waals surface area contributed by atoms with Crippen LogP contribution in [-0.2, 0) is 0 Å². The number of rotatable bonds is 6. The van der Waals surface area contributed by atoms with Crippen molar-refractivity contribution in [1.29, 1.82) is 0 Å². The number of nitrogens with one attached hydrogen (secondary N) is 2. The molecule has 4 heteroatoms. The third kappa shape index (κ3) is 3.84. The molecule has 1 aliphatic heterocycles. The number of para-hydroxylation sites is 1. The molecule has 1 saturated heterocycles. The highest BCUT2D eigenvalue weighted by Gasteiger charge is 2.27. The van der Waals surface area contributed by atoms with Gasteiger partial charge in [-0.05, 0) is 42.2 Å². The molecule has 0 spiro atoms. The molecule has 0 aliphatic carbocycles. The fourth-order valence-corrected chi connectivity index (χ4v) is 2.94. The zero-order valence-corrected chi connectivity index (χ0v) is 13.6. The van der Waals surface area contributed by atoms with E-state index in [4.69, 9.17) is 10.5 Å². The van der Waals surface area contributed by atoms with Crippen LogP contribution in [0, 0.1) is 0 Å². The maximum atomic E-state index is 6.08. The molecule has 2 atom stereocenters. The Kier molecular flexibility index (Phi) is 5.16. The molecular weight excluding hydrogens is 286 g/mol. The van der Waals surface area contributed by atoms with Crippen LogP contribution in [0.3, 0.4) is 0 Å². The van der Waals surface area contributed by atoms with Crippen LogP contribution in [0.1, 0.15) is 49.4 Å². The normalized spacial score (nSPS) is 20.6. The van der Waals surface area contributed by atoms with E-state index in [1.165, 1.54) is 5.56 Å². The molecule has 0 aromatic heterocycles. The fraction of sp³-hybridized carbons (Fsp3) is 0.368. The van der Waals surface area contributed by atoms with Gasteiger partial charge in [-0.1, -0.05) is 43.7 Å². The topological polar surface area (TPSA) is 59.3 Å². The molecule has 122 valence electrons. The highest BCUT2D eigenvalue weighted by atomic mass is 16.5. The van der Waals surface area contributed by atoms with Gasteiger partial charge in [-0.2, -0.15) is 0 Å². The number of anilines is 1. The van der Waals surface area contributed by atoms with E-state index >= 15 is 0 Å². The van der Waals surface area contributed by atoms with Crippen LogP contribution >= 0.6 is 0 Å². The summed E-state index contributed by atoms with van der Waals surface area (Å²) in [6.07, 6.45) is 3.22. The predicted molar refractivity (Wildman–Crippen MR) is 94.1 cm³/mol. The van der Waals surface area contributed by atoms with E-state index in [0.717, 1.165) is 42.9 Å². The van der Waals surface area contributed by atoms with Crippen LogP contribution in [0.15, 0.2) is 48.5 Å². The second kappa shape index (κ2) is 7.49. The van der Waals surface area contributed by atoms with Crippen molar-refractivity contribution in [2.24, 2.45) is 0 Å². The number of unbranched alkanes of at least 4 members (excludes halogenated alkanes) is 1. The van der Waals surface area contributed by atoms with E-state index in [1.807, 2.05) is 18.2 Å². The van der Waals surface area contributed by atoms with Crippen molar-refractivity contribution in [3.8, 4) is 5.75 Å². The Bertz CT molecular complexity index is 627. The third-order valence-electron chi connectivity index (χ3n) is 4.32. The van der Waals surface area contributed by atoms with Crippen LogP contribution in [0.4, 0.5) is 5.69 Å². The Hall–Kier alpha value is -2.04. The molecule has 0 bridgehead atoms. The summed E-state index contributed by atoms with van der Waals surface area (Å²) in [4.78, 5) is 0. The van der Waals surface area contributed by atoms with E-state index in [-0.39, 0.29) is 12.1 Å². The van der Waals surface area contributed by atoms with Gasteiger partial charge in [0.1, 0.15) is 5.75 Å². The standard InChI is InChI=1S/C19H25N3O/c1-2-3-12-23-15-10-8-14(9-11-15)18-13-19(22-21-18)16-6-4-5-7-17(16)20/h4-11,18-19,21-22H,2-3,12-13,20H2,1H3. The van der Waals surface area contributed by atoms with Crippen molar-refractivity contribution in [3.05, 3.63) is 59.7 Å². The molecule has 0 radical (unpaired) electrons. The van der Waals surface area contributed by atoms with Crippen molar-refractivity contribution in [3.63, 3.8) is 0 Å². The minimum Gasteiger partial charge on any atom is -0.494 e. The summed E-state index contributed by atoms with van der Waals surface area (Å²) in [7, 11) is 0. The van der Waals surface area contributed by atoms with Crippen LogP contribution in [0.5, 0.6) is 5.75 Å². The SMILES string of the molecule is CCCCOc1ccc(C2CC(c3ccccc3N)NN2)cc1. The number of nitrogen functional groups attached to an aromatic ring is 1. The van der Waals surface area contributed by atoms with Crippen molar-refractivity contribution < 1.29 is 4.74 Å². The molecular formula is C19H25N3O. The summed E-state index contributed by atoms with van der Waals surface area (Å²) < 4.78 is 5.72. The van der Waals surface area contributed by atoms with Crippen LogP contribution < -0.4 is 21.3 Å². The molecule has 0 amide bonds. The average molecular weight is 311 g/mol. The highest BCUT2D eigenvalue weighted by Crippen LogP contribution is 2.33. The quantitative estimate of drug-likeness (QED) is 0.562. The smallest absolute Gasteiger partial charge is 0.119 e. The maximum absolute atomic E-state index is 6.08. The zero-order valence-electron chi connectivity index (χ0n) is 13.6. The van der Waals surface area contributed by atoms with Gasteiger partial charge in [-0.3, -0.25) is 0 Å². The number of hydrazine groups is 1. The first-order valence-electron chi connectivity index (χ1n) is 8.36. The summed E-state index contributed by atoms with van der Waals surface area (Å²) in [5.41, 5.74) is 16.1. The first-order valence-corrected chi connectivity index (χ1v) is 8.36. The molecule has 2 aromatic carbocycles. The lowest BCUT2D eigenvalue weighted by Crippen LogP contribution is -2.27. The lowest BCUT2D eigenvalue weighted by molar-refractivity contribution is 0.309. The van der Waals surface area contributed by atoms with Crippen LogP contribution in [-0.4, -0.2) is 6.61 Å². The van der Waals surface area contributed by atoms with Gasteiger partial charge < -0.3 is 10.5 Å². The summed E-state index contributed by atoms with van der Waals surface area (Å²) >= 11 is 0. The Morgan fingerprint density at radius 2 is 1.78 bits per heavy atom. The zero-order chi connectivity index (χ0) is 16.1. The number of hydrogen-bond donors (Lipinski definition) is 3. The summed E-state index contributed by atoms with van der Waals surface area (Å²) in [5.74, 6) is 0.942.